The van der Waals surface area contributed by atoms with Gasteiger partial charge in [-0.25, -0.2) is 0 Å². The van der Waals surface area contributed by atoms with Crippen molar-refractivity contribution in [2.75, 3.05) is 39.4 Å². The average molecular weight is 330 g/mol. The van der Waals surface area contributed by atoms with Crippen molar-refractivity contribution in [2.45, 2.75) is 26.7 Å². The zero-order chi connectivity index (χ0) is 17.1. The standard InChI is InChI=1S/C19H26N2O3/c1-14-3-4-17(15(2)13-14)19(23)20-7-5-16(6-8-20)18(22)21-9-11-24-12-10-21/h3-4,13,16H,5-12H2,1-2H3. The van der Waals surface area contributed by atoms with Crippen LogP contribution in [0.5, 0.6) is 0 Å². The van der Waals surface area contributed by atoms with E-state index in [2.05, 4.69) is 0 Å². The number of rotatable bonds is 2. The predicted octanol–water partition coefficient (Wildman–Crippen LogP) is 2.01. The van der Waals surface area contributed by atoms with Crippen molar-refractivity contribution in [3.63, 3.8) is 0 Å². The van der Waals surface area contributed by atoms with E-state index in [-0.39, 0.29) is 17.7 Å². The third-order valence-electron chi connectivity index (χ3n) is 5.07. The van der Waals surface area contributed by atoms with Gasteiger partial charge in [0, 0.05) is 37.7 Å². The van der Waals surface area contributed by atoms with Crippen molar-refractivity contribution >= 4 is 11.8 Å². The Labute approximate surface area is 143 Å². The lowest BCUT2D eigenvalue weighted by atomic mass is 9.94. The van der Waals surface area contributed by atoms with E-state index in [0.717, 1.165) is 24.0 Å². The van der Waals surface area contributed by atoms with Gasteiger partial charge in [0.2, 0.25) is 5.91 Å². The fourth-order valence-corrected chi connectivity index (χ4v) is 3.60. The molecule has 0 aromatic heterocycles. The lowest BCUT2D eigenvalue weighted by Crippen LogP contribution is -2.47. The highest BCUT2D eigenvalue weighted by molar-refractivity contribution is 5.96. The molecule has 2 saturated heterocycles. The van der Waals surface area contributed by atoms with Gasteiger partial charge in [-0.1, -0.05) is 17.7 Å². The van der Waals surface area contributed by atoms with Gasteiger partial charge in [0.25, 0.3) is 5.91 Å². The van der Waals surface area contributed by atoms with Gasteiger partial charge in [-0.2, -0.15) is 0 Å². The molecule has 130 valence electrons. The lowest BCUT2D eigenvalue weighted by Gasteiger charge is -2.35. The van der Waals surface area contributed by atoms with Gasteiger partial charge in [-0.15, -0.1) is 0 Å². The minimum atomic E-state index is 0.0475. The second kappa shape index (κ2) is 7.34. The van der Waals surface area contributed by atoms with E-state index in [9.17, 15) is 9.59 Å². The van der Waals surface area contributed by atoms with Crippen LogP contribution in [0.3, 0.4) is 0 Å². The van der Waals surface area contributed by atoms with Crippen LogP contribution in [0, 0.1) is 19.8 Å². The van der Waals surface area contributed by atoms with Gasteiger partial charge in [-0.3, -0.25) is 9.59 Å². The van der Waals surface area contributed by atoms with Crippen molar-refractivity contribution in [3.05, 3.63) is 34.9 Å². The molecule has 2 amide bonds. The van der Waals surface area contributed by atoms with Gasteiger partial charge < -0.3 is 14.5 Å². The minimum absolute atomic E-state index is 0.0475. The smallest absolute Gasteiger partial charge is 0.254 e. The molecule has 0 aliphatic carbocycles. The summed E-state index contributed by atoms with van der Waals surface area (Å²) in [7, 11) is 0. The number of carbonyl (C=O) groups excluding carboxylic acids is 2. The first-order valence-corrected chi connectivity index (χ1v) is 8.79. The molecule has 0 N–H and O–H groups in total. The summed E-state index contributed by atoms with van der Waals surface area (Å²) in [6.45, 7) is 7.99. The summed E-state index contributed by atoms with van der Waals surface area (Å²) in [5.41, 5.74) is 2.96. The van der Waals surface area contributed by atoms with E-state index in [0.29, 0.717) is 39.4 Å². The highest BCUT2D eigenvalue weighted by Gasteiger charge is 2.31. The molecule has 0 radical (unpaired) electrons. The Hall–Kier alpha value is -1.88. The van der Waals surface area contributed by atoms with Gasteiger partial charge in [0.05, 0.1) is 13.2 Å². The minimum Gasteiger partial charge on any atom is -0.378 e. The number of nitrogens with zero attached hydrogens (tertiary/aromatic N) is 2. The molecule has 0 saturated carbocycles. The van der Waals surface area contributed by atoms with E-state index in [1.807, 2.05) is 41.8 Å². The molecule has 5 heteroatoms. The topological polar surface area (TPSA) is 49.9 Å². The van der Waals surface area contributed by atoms with Crippen molar-refractivity contribution in [1.82, 2.24) is 9.80 Å². The largest absolute Gasteiger partial charge is 0.378 e. The maximum absolute atomic E-state index is 12.7. The highest BCUT2D eigenvalue weighted by atomic mass is 16.5. The van der Waals surface area contributed by atoms with Crippen LogP contribution in [0.25, 0.3) is 0 Å². The lowest BCUT2D eigenvalue weighted by molar-refractivity contribution is -0.141. The first-order chi connectivity index (χ1) is 11.6. The average Bonchev–Trinajstić information content (AvgIpc) is 2.61. The summed E-state index contributed by atoms with van der Waals surface area (Å²) >= 11 is 0. The molecular formula is C19H26N2O3. The molecule has 0 unspecified atom stereocenters. The van der Waals surface area contributed by atoms with Crippen LogP contribution >= 0.6 is 0 Å². The summed E-state index contributed by atoms with van der Waals surface area (Å²) in [5, 5.41) is 0. The summed E-state index contributed by atoms with van der Waals surface area (Å²) < 4.78 is 5.31. The molecule has 5 nitrogen and oxygen atoms in total. The number of amides is 2. The number of carbonyl (C=O) groups is 2. The van der Waals surface area contributed by atoms with E-state index in [1.54, 1.807) is 0 Å². The number of aryl methyl sites for hydroxylation is 2. The van der Waals surface area contributed by atoms with Crippen LogP contribution in [0.1, 0.15) is 34.3 Å². The molecule has 0 atom stereocenters. The molecule has 1 aromatic carbocycles. The Bertz CT molecular complexity index is 615. The quantitative estimate of drug-likeness (QED) is 0.833. The maximum Gasteiger partial charge on any atom is 0.254 e. The van der Waals surface area contributed by atoms with Gasteiger partial charge in [0.1, 0.15) is 0 Å². The van der Waals surface area contributed by atoms with Crippen LogP contribution < -0.4 is 0 Å². The molecule has 2 fully saturated rings. The van der Waals surface area contributed by atoms with E-state index < -0.39 is 0 Å². The van der Waals surface area contributed by atoms with E-state index >= 15 is 0 Å². The van der Waals surface area contributed by atoms with Gasteiger partial charge in [-0.05, 0) is 38.3 Å². The Morgan fingerprint density at radius 3 is 2.29 bits per heavy atom. The number of hydrogen-bond donors (Lipinski definition) is 0. The predicted molar refractivity (Wildman–Crippen MR) is 91.9 cm³/mol. The SMILES string of the molecule is Cc1ccc(C(=O)N2CCC(C(=O)N3CCOCC3)CC2)c(C)c1. The second-order valence-corrected chi connectivity index (χ2v) is 6.82. The number of piperidine rings is 1. The van der Waals surface area contributed by atoms with Crippen LogP contribution in [0.2, 0.25) is 0 Å². The number of morpholine rings is 1. The van der Waals surface area contributed by atoms with Crippen LogP contribution in [-0.4, -0.2) is 61.0 Å². The Morgan fingerprint density at radius 1 is 1.00 bits per heavy atom. The molecule has 24 heavy (non-hydrogen) atoms. The van der Waals surface area contributed by atoms with Crippen molar-refractivity contribution in [3.8, 4) is 0 Å². The first kappa shape index (κ1) is 17.0. The zero-order valence-electron chi connectivity index (χ0n) is 14.6. The van der Waals surface area contributed by atoms with Gasteiger partial charge >= 0.3 is 0 Å². The Morgan fingerprint density at radius 2 is 1.67 bits per heavy atom. The number of hydrogen-bond acceptors (Lipinski definition) is 3. The number of ether oxygens (including phenoxy) is 1. The molecule has 0 spiro atoms. The molecule has 0 bridgehead atoms. The Balaban J connectivity index is 1.58. The van der Waals surface area contributed by atoms with Crippen LogP contribution in [0.15, 0.2) is 18.2 Å². The van der Waals surface area contributed by atoms with Crippen molar-refractivity contribution < 1.29 is 14.3 Å². The first-order valence-electron chi connectivity index (χ1n) is 8.79. The van der Waals surface area contributed by atoms with Gasteiger partial charge in [0.15, 0.2) is 0 Å². The van der Waals surface area contributed by atoms with Crippen LogP contribution in [-0.2, 0) is 9.53 Å². The third kappa shape index (κ3) is 3.61. The summed E-state index contributed by atoms with van der Waals surface area (Å²) in [6.07, 6.45) is 1.51. The molecule has 2 aliphatic heterocycles. The fourth-order valence-electron chi connectivity index (χ4n) is 3.60. The molecule has 2 heterocycles. The third-order valence-corrected chi connectivity index (χ3v) is 5.07. The molecular weight excluding hydrogens is 304 g/mol. The van der Waals surface area contributed by atoms with Crippen molar-refractivity contribution in [2.24, 2.45) is 5.92 Å². The molecule has 3 rings (SSSR count). The van der Waals surface area contributed by atoms with E-state index in [4.69, 9.17) is 4.74 Å². The van der Waals surface area contributed by atoms with Crippen LogP contribution in [0.4, 0.5) is 0 Å². The normalized spacial score (nSPS) is 19.4. The van der Waals surface area contributed by atoms with E-state index in [1.165, 1.54) is 5.56 Å². The van der Waals surface area contributed by atoms with Crippen molar-refractivity contribution in [1.29, 1.82) is 0 Å². The highest BCUT2D eigenvalue weighted by Crippen LogP contribution is 2.23. The maximum atomic E-state index is 12.7. The monoisotopic (exact) mass is 330 g/mol. The summed E-state index contributed by atoms with van der Waals surface area (Å²) in [4.78, 5) is 29.1. The zero-order valence-corrected chi connectivity index (χ0v) is 14.6. The molecule has 2 aliphatic rings. The Kier molecular flexibility index (Phi) is 5.19. The second-order valence-electron chi connectivity index (χ2n) is 6.82. The fraction of sp³-hybridized carbons (Fsp3) is 0.579. The summed E-state index contributed by atoms with van der Waals surface area (Å²) in [6, 6.07) is 5.94. The number of likely N-dealkylation sites (tertiary alicyclic amines) is 1. The molecule has 1 aromatic rings. The number of benzene rings is 1. The summed E-state index contributed by atoms with van der Waals surface area (Å²) in [5.74, 6) is 0.368.